The van der Waals surface area contributed by atoms with Crippen LogP contribution in [0.5, 0.6) is 5.75 Å². The van der Waals surface area contributed by atoms with Gasteiger partial charge in [0.15, 0.2) is 29.0 Å². The van der Waals surface area contributed by atoms with E-state index in [1.807, 2.05) is 0 Å². The number of pyridine rings is 1. The van der Waals surface area contributed by atoms with Crippen LogP contribution >= 0.6 is 0 Å². The van der Waals surface area contributed by atoms with Gasteiger partial charge in [-0.25, -0.2) is 22.4 Å². The van der Waals surface area contributed by atoms with E-state index in [-0.39, 0.29) is 35.0 Å². The second kappa shape index (κ2) is 8.60. The van der Waals surface area contributed by atoms with Crippen LogP contribution in [-0.2, 0) is 4.74 Å². The van der Waals surface area contributed by atoms with Crippen molar-refractivity contribution in [2.24, 2.45) is 16.7 Å². The normalized spacial score (nSPS) is 24.0. The number of aromatic nitrogens is 1. The number of halogens is 4. The van der Waals surface area contributed by atoms with Crippen LogP contribution in [0, 0.1) is 40.0 Å². The van der Waals surface area contributed by atoms with E-state index < -0.39 is 51.1 Å². The molecule has 196 valence electrons. The maximum Gasteiger partial charge on any atom is 0.343 e. The summed E-state index contributed by atoms with van der Waals surface area (Å²) in [7, 11) is 0. The van der Waals surface area contributed by atoms with Crippen molar-refractivity contribution in [1.29, 1.82) is 0 Å². The summed E-state index contributed by atoms with van der Waals surface area (Å²) >= 11 is 0. The summed E-state index contributed by atoms with van der Waals surface area (Å²) in [5.74, 6) is -6.32. The molecule has 0 radical (unpaired) electrons. The fraction of sp³-hybridized carbons (Fsp3) is 0.429. The van der Waals surface area contributed by atoms with Gasteiger partial charge in [-0.1, -0.05) is 20.8 Å². The number of rotatable bonds is 5. The number of ether oxygens (including phenoxy) is 2. The lowest BCUT2D eigenvalue weighted by atomic mass is 9.70. The van der Waals surface area contributed by atoms with Gasteiger partial charge >= 0.3 is 5.97 Å². The highest BCUT2D eigenvalue weighted by Gasteiger charge is 2.62. The van der Waals surface area contributed by atoms with Crippen LogP contribution in [0.1, 0.15) is 57.3 Å². The van der Waals surface area contributed by atoms with Gasteiger partial charge in [0.1, 0.15) is 11.7 Å². The summed E-state index contributed by atoms with van der Waals surface area (Å²) in [6.45, 7) is 8.06. The number of carbonyl (C=O) groups excluding carboxylic acids is 1. The van der Waals surface area contributed by atoms with E-state index in [0.717, 1.165) is 36.1 Å². The predicted molar refractivity (Wildman–Crippen MR) is 129 cm³/mol. The van der Waals surface area contributed by atoms with Crippen LogP contribution in [0.2, 0.25) is 0 Å². The minimum absolute atomic E-state index is 0.00647. The Labute approximate surface area is 211 Å². The highest BCUT2D eigenvalue weighted by atomic mass is 19.2. The van der Waals surface area contributed by atoms with Crippen molar-refractivity contribution in [3.05, 3.63) is 69.5 Å². The standard InChI is InChI=1S/C28H27F4NO4/c1-5-36-26(35)17-13-33(24-16(25(17)34)12-19(30)22(31)23(24)32)15-6-7-20(18(29)11-15)37-21-10-14-8-9-28(21,4)27(14,2)3/h6-7,11-14,21H,5,8-10H2,1-4H3. The van der Waals surface area contributed by atoms with Crippen molar-refractivity contribution in [2.45, 2.75) is 53.1 Å². The van der Waals surface area contributed by atoms with Crippen LogP contribution in [-0.4, -0.2) is 23.2 Å². The van der Waals surface area contributed by atoms with E-state index in [1.165, 1.54) is 19.1 Å². The van der Waals surface area contributed by atoms with Crippen molar-refractivity contribution in [1.82, 2.24) is 4.57 Å². The summed E-state index contributed by atoms with van der Waals surface area (Å²) in [6, 6.07) is 4.33. The van der Waals surface area contributed by atoms with Crippen LogP contribution in [0.25, 0.3) is 16.6 Å². The molecule has 2 bridgehead atoms. The molecule has 3 unspecified atom stereocenters. The Balaban J connectivity index is 1.61. The fourth-order valence-electron chi connectivity index (χ4n) is 6.15. The van der Waals surface area contributed by atoms with Crippen molar-refractivity contribution >= 4 is 16.9 Å². The molecule has 2 saturated carbocycles. The maximum absolute atomic E-state index is 15.3. The second-order valence-electron chi connectivity index (χ2n) is 10.7. The number of fused-ring (bicyclic) bond motifs is 3. The van der Waals surface area contributed by atoms with E-state index in [0.29, 0.717) is 12.0 Å². The van der Waals surface area contributed by atoms with Gasteiger partial charge in [0, 0.05) is 23.4 Å². The molecule has 37 heavy (non-hydrogen) atoms. The van der Waals surface area contributed by atoms with Crippen molar-refractivity contribution < 1.29 is 31.8 Å². The lowest BCUT2D eigenvalue weighted by molar-refractivity contribution is 0.0278. The van der Waals surface area contributed by atoms with Crippen LogP contribution < -0.4 is 10.2 Å². The van der Waals surface area contributed by atoms with Crippen molar-refractivity contribution in [3.63, 3.8) is 0 Å². The molecule has 1 aromatic heterocycles. The highest BCUT2D eigenvalue weighted by molar-refractivity contribution is 5.94. The average Bonchev–Trinajstić information content (AvgIpc) is 3.18. The highest BCUT2D eigenvalue weighted by Crippen LogP contribution is 2.66. The maximum atomic E-state index is 15.3. The zero-order valence-corrected chi connectivity index (χ0v) is 21.0. The number of hydrogen-bond acceptors (Lipinski definition) is 4. The van der Waals surface area contributed by atoms with Gasteiger partial charge in [-0.15, -0.1) is 0 Å². The van der Waals surface area contributed by atoms with E-state index in [4.69, 9.17) is 9.47 Å². The molecule has 0 N–H and O–H groups in total. The Kier molecular flexibility index (Phi) is 5.88. The summed E-state index contributed by atoms with van der Waals surface area (Å²) in [5.41, 5.74) is -2.27. The number of esters is 1. The summed E-state index contributed by atoms with van der Waals surface area (Å²) < 4.78 is 70.4. The Morgan fingerprint density at radius 2 is 1.81 bits per heavy atom. The van der Waals surface area contributed by atoms with Gasteiger partial charge in [-0.2, -0.15) is 0 Å². The molecule has 1 heterocycles. The number of hydrogen-bond donors (Lipinski definition) is 0. The van der Waals surface area contributed by atoms with E-state index in [1.54, 1.807) is 0 Å². The van der Waals surface area contributed by atoms with Gasteiger partial charge in [-0.3, -0.25) is 4.79 Å². The van der Waals surface area contributed by atoms with E-state index in [9.17, 15) is 22.8 Å². The Hall–Kier alpha value is -3.36. The molecule has 2 aromatic carbocycles. The molecule has 0 saturated heterocycles. The molecule has 0 aliphatic heterocycles. The molecule has 2 fully saturated rings. The molecule has 5 rings (SSSR count). The molecular formula is C28H27F4NO4. The lowest BCUT2D eigenvalue weighted by Crippen LogP contribution is -2.39. The molecular weight excluding hydrogens is 490 g/mol. The zero-order valence-electron chi connectivity index (χ0n) is 21.0. The van der Waals surface area contributed by atoms with E-state index >= 15 is 4.39 Å². The van der Waals surface area contributed by atoms with Gasteiger partial charge in [0.2, 0.25) is 5.43 Å². The zero-order chi connectivity index (χ0) is 26.9. The molecule has 3 atom stereocenters. The quantitative estimate of drug-likeness (QED) is 0.226. The van der Waals surface area contributed by atoms with Gasteiger partial charge in [0.05, 0.1) is 17.5 Å². The third-order valence-corrected chi connectivity index (χ3v) is 8.80. The van der Waals surface area contributed by atoms with Gasteiger partial charge in [-0.05, 0) is 55.7 Å². The summed E-state index contributed by atoms with van der Waals surface area (Å²) in [6.07, 6.45) is 3.66. The minimum Gasteiger partial charge on any atom is -0.487 e. The average molecular weight is 518 g/mol. The minimum atomic E-state index is -1.79. The third-order valence-electron chi connectivity index (χ3n) is 8.80. The smallest absolute Gasteiger partial charge is 0.343 e. The number of carbonyl (C=O) groups is 1. The molecule has 0 amide bonds. The van der Waals surface area contributed by atoms with E-state index in [2.05, 4.69) is 20.8 Å². The van der Waals surface area contributed by atoms with Crippen molar-refractivity contribution in [2.75, 3.05) is 6.61 Å². The van der Waals surface area contributed by atoms with Crippen LogP contribution in [0.4, 0.5) is 17.6 Å². The Morgan fingerprint density at radius 1 is 1.08 bits per heavy atom. The lowest BCUT2D eigenvalue weighted by Gasteiger charge is -2.38. The second-order valence-corrected chi connectivity index (χ2v) is 10.7. The first-order valence-corrected chi connectivity index (χ1v) is 12.3. The van der Waals surface area contributed by atoms with Gasteiger partial charge in [0.25, 0.3) is 0 Å². The largest absolute Gasteiger partial charge is 0.487 e. The summed E-state index contributed by atoms with van der Waals surface area (Å²) in [4.78, 5) is 25.2. The number of nitrogens with zero attached hydrogens (tertiary/aromatic N) is 1. The monoisotopic (exact) mass is 517 g/mol. The first kappa shape index (κ1) is 25.3. The van der Waals surface area contributed by atoms with Crippen LogP contribution in [0.15, 0.2) is 35.3 Å². The molecule has 2 aliphatic carbocycles. The first-order valence-electron chi connectivity index (χ1n) is 12.3. The molecule has 5 nitrogen and oxygen atoms in total. The first-order chi connectivity index (χ1) is 17.4. The molecule has 2 aliphatic rings. The van der Waals surface area contributed by atoms with Crippen LogP contribution in [0.3, 0.4) is 0 Å². The van der Waals surface area contributed by atoms with Crippen molar-refractivity contribution in [3.8, 4) is 11.4 Å². The Morgan fingerprint density at radius 3 is 2.41 bits per heavy atom. The topological polar surface area (TPSA) is 57.5 Å². The molecule has 3 aromatic rings. The fourth-order valence-corrected chi connectivity index (χ4v) is 6.15. The number of benzene rings is 2. The summed E-state index contributed by atoms with van der Waals surface area (Å²) in [5, 5.41) is -0.583. The Bertz CT molecular complexity index is 1500. The third kappa shape index (κ3) is 3.65. The SMILES string of the molecule is CCOC(=O)c1cn(-c2ccc(OC3CC4CCC3(C)C4(C)C)c(F)c2)c2c(F)c(F)c(F)cc2c1=O. The predicted octanol–water partition coefficient (Wildman–Crippen LogP) is 6.32. The molecule has 9 heteroatoms. The van der Waals surface area contributed by atoms with Gasteiger partial charge < -0.3 is 14.0 Å². The molecule has 0 spiro atoms.